The number of esters is 2. The highest BCUT2D eigenvalue weighted by molar-refractivity contribution is 6.00. The third kappa shape index (κ3) is 3.33. The molecule has 0 bridgehead atoms. The van der Waals surface area contributed by atoms with Gasteiger partial charge in [0.15, 0.2) is 5.41 Å². The van der Waals surface area contributed by atoms with E-state index >= 15 is 0 Å². The summed E-state index contributed by atoms with van der Waals surface area (Å²) in [5.41, 5.74) is -1.75. The molecule has 0 amide bonds. The maximum Gasteiger partial charge on any atom is 0.323 e. The molecule has 0 spiro atoms. The zero-order valence-corrected chi connectivity index (χ0v) is 12.7. The topological polar surface area (TPSA) is 105 Å². The van der Waals surface area contributed by atoms with E-state index in [-0.39, 0.29) is 17.7 Å². The van der Waals surface area contributed by atoms with Crippen molar-refractivity contribution in [1.29, 1.82) is 0 Å². The van der Waals surface area contributed by atoms with Crippen molar-refractivity contribution >= 4 is 17.6 Å². The minimum atomic E-state index is -1.69. The van der Waals surface area contributed by atoms with Gasteiger partial charge in [-0.05, 0) is 19.1 Å². The molecule has 0 N–H and O–H groups in total. The molecular weight excluding hydrogens is 294 g/mol. The number of benzene rings is 1. The molecule has 0 atom stereocenters. The standard InChI is InChI=1S/C14H17NO7/c1-14(12(16)21-3,13(17)22-4)8-9-7-10(20-2)5-6-11(9)15(18)19/h5-7H,8H2,1-4H3. The van der Waals surface area contributed by atoms with E-state index in [0.717, 1.165) is 14.2 Å². The highest BCUT2D eigenvalue weighted by Gasteiger charge is 2.45. The smallest absolute Gasteiger partial charge is 0.323 e. The van der Waals surface area contributed by atoms with Crippen LogP contribution >= 0.6 is 0 Å². The van der Waals surface area contributed by atoms with Gasteiger partial charge in [0.25, 0.3) is 5.69 Å². The third-order valence-corrected chi connectivity index (χ3v) is 3.30. The second-order valence-electron chi connectivity index (χ2n) is 4.74. The van der Waals surface area contributed by atoms with Crippen LogP contribution in [0.1, 0.15) is 12.5 Å². The van der Waals surface area contributed by atoms with Crippen LogP contribution in [0.15, 0.2) is 18.2 Å². The monoisotopic (exact) mass is 311 g/mol. The number of nitro groups is 1. The summed E-state index contributed by atoms with van der Waals surface area (Å²) in [6.07, 6.45) is -0.250. The Hall–Kier alpha value is -2.64. The summed E-state index contributed by atoms with van der Waals surface area (Å²) in [5, 5.41) is 11.1. The van der Waals surface area contributed by atoms with E-state index in [0.29, 0.717) is 5.75 Å². The summed E-state index contributed by atoms with van der Waals surface area (Å²) in [4.78, 5) is 34.4. The van der Waals surface area contributed by atoms with Crippen molar-refractivity contribution in [1.82, 2.24) is 0 Å². The average molecular weight is 311 g/mol. The molecule has 0 heterocycles. The molecule has 0 aromatic heterocycles. The van der Waals surface area contributed by atoms with Crippen LogP contribution in [0.2, 0.25) is 0 Å². The van der Waals surface area contributed by atoms with Crippen molar-refractivity contribution in [3.63, 3.8) is 0 Å². The van der Waals surface area contributed by atoms with Crippen molar-refractivity contribution < 1.29 is 28.7 Å². The first kappa shape index (κ1) is 17.4. The van der Waals surface area contributed by atoms with Crippen LogP contribution in [-0.4, -0.2) is 38.2 Å². The molecule has 0 saturated heterocycles. The number of methoxy groups -OCH3 is 3. The van der Waals surface area contributed by atoms with E-state index in [2.05, 4.69) is 9.47 Å². The van der Waals surface area contributed by atoms with Gasteiger partial charge in [0.2, 0.25) is 0 Å². The molecule has 0 aliphatic rings. The molecule has 1 aromatic carbocycles. The van der Waals surface area contributed by atoms with Gasteiger partial charge in [0.05, 0.1) is 26.3 Å². The van der Waals surface area contributed by atoms with E-state index in [1.54, 1.807) is 0 Å². The largest absolute Gasteiger partial charge is 0.497 e. The molecule has 0 fully saturated rings. The second-order valence-corrected chi connectivity index (χ2v) is 4.74. The third-order valence-electron chi connectivity index (χ3n) is 3.30. The molecule has 120 valence electrons. The van der Waals surface area contributed by atoms with Crippen molar-refractivity contribution in [3.05, 3.63) is 33.9 Å². The lowest BCUT2D eigenvalue weighted by Crippen LogP contribution is -2.40. The number of nitro benzene ring substituents is 1. The molecule has 0 unspecified atom stereocenters. The minimum Gasteiger partial charge on any atom is -0.497 e. The van der Waals surface area contributed by atoms with Crippen LogP contribution in [0.5, 0.6) is 5.75 Å². The lowest BCUT2D eigenvalue weighted by atomic mass is 9.83. The maximum absolute atomic E-state index is 11.9. The van der Waals surface area contributed by atoms with Gasteiger partial charge in [-0.3, -0.25) is 19.7 Å². The van der Waals surface area contributed by atoms with E-state index in [1.165, 1.54) is 32.2 Å². The Morgan fingerprint density at radius 3 is 2.14 bits per heavy atom. The van der Waals surface area contributed by atoms with Crippen LogP contribution < -0.4 is 4.74 Å². The fourth-order valence-corrected chi connectivity index (χ4v) is 2.07. The van der Waals surface area contributed by atoms with Crippen molar-refractivity contribution in [2.75, 3.05) is 21.3 Å². The van der Waals surface area contributed by atoms with Crippen LogP contribution in [0.4, 0.5) is 5.69 Å². The first-order valence-electron chi connectivity index (χ1n) is 6.28. The Bertz CT molecular complexity index is 581. The van der Waals surface area contributed by atoms with Crippen LogP contribution in [0.3, 0.4) is 0 Å². The number of nitrogens with zero attached hydrogens (tertiary/aromatic N) is 1. The van der Waals surface area contributed by atoms with E-state index in [4.69, 9.17) is 4.74 Å². The Kier molecular flexibility index (Phi) is 5.44. The normalized spacial score (nSPS) is 10.7. The quantitative estimate of drug-likeness (QED) is 0.339. The number of rotatable bonds is 6. The second kappa shape index (κ2) is 6.88. The summed E-state index contributed by atoms with van der Waals surface area (Å²) < 4.78 is 14.3. The lowest BCUT2D eigenvalue weighted by molar-refractivity contribution is -0.385. The van der Waals surface area contributed by atoms with E-state index < -0.39 is 22.3 Å². The first-order chi connectivity index (χ1) is 10.3. The van der Waals surface area contributed by atoms with Gasteiger partial charge in [0, 0.05) is 18.1 Å². The van der Waals surface area contributed by atoms with Crippen LogP contribution in [0.25, 0.3) is 0 Å². The van der Waals surface area contributed by atoms with Gasteiger partial charge < -0.3 is 14.2 Å². The van der Waals surface area contributed by atoms with Crippen LogP contribution in [0, 0.1) is 15.5 Å². The molecule has 1 rings (SSSR count). The highest BCUT2D eigenvalue weighted by atomic mass is 16.6. The lowest BCUT2D eigenvalue weighted by Gasteiger charge is -2.23. The molecule has 22 heavy (non-hydrogen) atoms. The summed E-state index contributed by atoms with van der Waals surface area (Å²) in [6, 6.07) is 4.08. The van der Waals surface area contributed by atoms with Crippen molar-refractivity contribution in [2.24, 2.45) is 5.41 Å². The van der Waals surface area contributed by atoms with E-state index in [9.17, 15) is 19.7 Å². The molecule has 0 aliphatic heterocycles. The molecule has 0 saturated carbocycles. The predicted octanol–water partition coefficient (Wildman–Crippen LogP) is 1.50. The Balaban J connectivity index is 3.36. The summed E-state index contributed by atoms with van der Waals surface area (Å²) in [6.45, 7) is 1.31. The molecule has 8 heteroatoms. The van der Waals surface area contributed by atoms with Gasteiger partial charge in [-0.15, -0.1) is 0 Å². The highest BCUT2D eigenvalue weighted by Crippen LogP contribution is 2.32. The van der Waals surface area contributed by atoms with Crippen LogP contribution in [-0.2, 0) is 25.5 Å². The number of carbonyl (C=O) groups excluding carboxylic acids is 2. The van der Waals surface area contributed by atoms with Gasteiger partial charge in [-0.1, -0.05) is 0 Å². The molecule has 0 radical (unpaired) electrons. The molecular formula is C14H17NO7. The first-order valence-corrected chi connectivity index (χ1v) is 6.28. The fraction of sp³-hybridized carbons (Fsp3) is 0.429. The fourth-order valence-electron chi connectivity index (χ4n) is 2.07. The number of hydrogen-bond donors (Lipinski definition) is 0. The number of hydrogen-bond acceptors (Lipinski definition) is 7. The molecule has 0 aliphatic carbocycles. The minimum absolute atomic E-state index is 0.169. The molecule has 8 nitrogen and oxygen atoms in total. The Morgan fingerprint density at radius 1 is 1.18 bits per heavy atom. The zero-order valence-electron chi connectivity index (χ0n) is 12.7. The zero-order chi connectivity index (χ0) is 16.9. The van der Waals surface area contributed by atoms with Gasteiger partial charge >= 0.3 is 11.9 Å². The van der Waals surface area contributed by atoms with Gasteiger partial charge in [-0.25, -0.2) is 0 Å². The molecule has 1 aromatic rings. The maximum atomic E-state index is 11.9. The van der Waals surface area contributed by atoms with Gasteiger partial charge in [-0.2, -0.15) is 0 Å². The van der Waals surface area contributed by atoms with E-state index in [1.807, 2.05) is 0 Å². The SMILES string of the molecule is COC(=O)C(C)(Cc1cc(OC)ccc1[N+](=O)[O-])C(=O)OC. The van der Waals surface area contributed by atoms with Crippen molar-refractivity contribution in [3.8, 4) is 5.75 Å². The Morgan fingerprint density at radius 2 is 1.73 bits per heavy atom. The summed E-state index contributed by atoms with van der Waals surface area (Å²) in [5.74, 6) is -1.30. The Labute approximate surface area is 127 Å². The van der Waals surface area contributed by atoms with Gasteiger partial charge in [0.1, 0.15) is 5.75 Å². The summed E-state index contributed by atoms with van der Waals surface area (Å²) in [7, 11) is 3.66. The number of ether oxygens (including phenoxy) is 3. The van der Waals surface area contributed by atoms with Crippen molar-refractivity contribution in [2.45, 2.75) is 13.3 Å². The summed E-state index contributed by atoms with van der Waals surface area (Å²) >= 11 is 0. The average Bonchev–Trinajstić information content (AvgIpc) is 2.52. The number of carbonyl (C=O) groups is 2. The predicted molar refractivity (Wildman–Crippen MR) is 75.5 cm³/mol.